The summed E-state index contributed by atoms with van der Waals surface area (Å²) in [5, 5.41) is 3.40. The summed E-state index contributed by atoms with van der Waals surface area (Å²) in [6, 6.07) is 0. The molecule has 2 nitrogen and oxygen atoms in total. The van der Waals surface area contributed by atoms with E-state index in [4.69, 9.17) is 5.84 Å². The Kier molecular flexibility index (Phi) is 3.76. The molecule has 0 bridgehead atoms. The van der Waals surface area contributed by atoms with Gasteiger partial charge in [-0.05, 0) is 18.4 Å². The van der Waals surface area contributed by atoms with E-state index in [0.29, 0.717) is 5.92 Å². The minimum atomic E-state index is 0.572. The average molecular weight is 126 g/mol. The number of hydrazone groups is 1. The van der Waals surface area contributed by atoms with Crippen molar-refractivity contribution < 1.29 is 0 Å². The molecular formula is C7H14N2. The lowest BCUT2D eigenvalue weighted by Gasteiger charge is -1.94. The Morgan fingerprint density at radius 1 is 1.56 bits per heavy atom. The van der Waals surface area contributed by atoms with Crippen molar-refractivity contribution >= 4 is 6.21 Å². The topological polar surface area (TPSA) is 38.4 Å². The van der Waals surface area contributed by atoms with Gasteiger partial charge in [0.05, 0.1) is 0 Å². The van der Waals surface area contributed by atoms with Crippen LogP contribution in [0.1, 0.15) is 20.8 Å². The summed E-state index contributed by atoms with van der Waals surface area (Å²) in [6.07, 6.45) is 3.76. The van der Waals surface area contributed by atoms with E-state index in [2.05, 4.69) is 25.0 Å². The summed E-state index contributed by atoms with van der Waals surface area (Å²) in [5.41, 5.74) is 1.12. The third kappa shape index (κ3) is 5.07. The van der Waals surface area contributed by atoms with E-state index in [1.165, 1.54) is 0 Å². The maximum atomic E-state index is 4.93. The van der Waals surface area contributed by atoms with Crippen LogP contribution in [0.2, 0.25) is 0 Å². The molecule has 9 heavy (non-hydrogen) atoms. The lowest BCUT2D eigenvalue weighted by atomic mass is 10.1. The SMILES string of the molecule is CC(/C=N\N)=C/C(C)C. The van der Waals surface area contributed by atoms with E-state index in [1.807, 2.05) is 6.92 Å². The second-order valence-electron chi connectivity index (χ2n) is 2.43. The second-order valence-corrected chi connectivity index (χ2v) is 2.43. The summed E-state index contributed by atoms with van der Waals surface area (Å²) >= 11 is 0. The van der Waals surface area contributed by atoms with E-state index >= 15 is 0 Å². The highest BCUT2D eigenvalue weighted by atomic mass is 15.1. The number of allylic oxidation sites excluding steroid dienone is 2. The molecule has 0 aromatic heterocycles. The first-order valence-electron chi connectivity index (χ1n) is 3.08. The fourth-order valence-corrected chi connectivity index (χ4v) is 0.686. The van der Waals surface area contributed by atoms with Crippen molar-refractivity contribution in [1.29, 1.82) is 0 Å². The Balaban J connectivity index is 3.84. The number of rotatable bonds is 2. The van der Waals surface area contributed by atoms with Crippen molar-refractivity contribution in [3.8, 4) is 0 Å². The van der Waals surface area contributed by atoms with Gasteiger partial charge in [0, 0.05) is 6.21 Å². The lowest BCUT2D eigenvalue weighted by Crippen LogP contribution is -1.87. The van der Waals surface area contributed by atoms with Crippen LogP contribution in [0.3, 0.4) is 0 Å². The number of hydrogen-bond donors (Lipinski definition) is 1. The molecule has 0 saturated carbocycles. The molecule has 0 aliphatic heterocycles. The molecule has 52 valence electrons. The number of nitrogens with zero attached hydrogens (tertiary/aromatic N) is 1. The first-order valence-corrected chi connectivity index (χ1v) is 3.08. The van der Waals surface area contributed by atoms with Crippen molar-refractivity contribution in [1.82, 2.24) is 0 Å². The van der Waals surface area contributed by atoms with Crippen LogP contribution in [-0.2, 0) is 0 Å². The van der Waals surface area contributed by atoms with Crippen molar-refractivity contribution in [2.24, 2.45) is 16.9 Å². The molecule has 0 saturated heterocycles. The van der Waals surface area contributed by atoms with Gasteiger partial charge in [-0.15, -0.1) is 0 Å². The fraction of sp³-hybridized carbons (Fsp3) is 0.571. The highest BCUT2D eigenvalue weighted by Gasteiger charge is 1.86. The molecule has 0 fully saturated rings. The van der Waals surface area contributed by atoms with Crippen LogP contribution in [0.15, 0.2) is 16.8 Å². The molecule has 2 heteroatoms. The van der Waals surface area contributed by atoms with E-state index in [-0.39, 0.29) is 0 Å². The van der Waals surface area contributed by atoms with E-state index in [1.54, 1.807) is 6.21 Å². The van der Waals surface area contributed by atoms with Gasteiger partial charge in [0.2, 0.25) is 0 Å². The van der Waals surface area contributed by atoms with Gasteiger partial charge in [-0.25, -0.2) is 0 Å². The van der Waals surface area contributed by atoms with Crippen molar-refractivity contribution in [3.63, 3.8) is 0 Å². The molecule has 0 aromatic rings. The van der Waals surface area contributed by atoms with Crippen LogP contribution in [0.4, 0.5) is 0 Å². The normalized spacial score (nSPS) is 13.6. The van der Waals surface area contributed by atoms with E-state index in [9.17, 15) is 0 Å². The van der Waals surface area contributed by atoms with Crippen LogP contribution in [0, 0.1) is 5.92 Å². The van der Waals surface area contributed by atoms with Crippen LogP contribution in [0.5, 0.6) is 0 Å². The van der Waals surface area contributed by atoms with E-state index < -0.39 is 0 Å². The minimum Gasteiger partial charge on any atom is -0.323 e. The summed E-state index contributed by atoms with van der Waals surface area (Å²) in [5.74, 6) is 5.51. The van der Waals surface area contributed by atoms with Crippen LogP contribution < -0.4 is 5.84 Å². The van der Waals surface area contributed by atoms with Gasteiger partial charge in [-0.2, -0.15) is 5.10 Å². The van der Waals surface area contributed by atoms with Gasteiger partial charge in [-0.3, -0.25) is 0 Å². The molecule has 0 aliphatic rings. The molecule has 0 spiro atoms. The molecule has 0 radical (unpaired) electrons. The Bertz CT molecular complexity index is 123. The summed E-state index contributed by atoms with van der Waals surface area (Å²) in [6.45, 7) is 6.22. The predicted molar refractivity (Wildman–Crippen MR) is 41.3 cm³/mol. The fourth-order valence-electron chi connectivity index (χ4n) is 0.686. The third-order valence-corrected chi connectivity index (χ3v) is 0.874. The zero-order chi connectivity index (χ0) is 7.28. The first kappa shape index (κ1) is 8.21. The Morgan fingerprint density at radius 3 is 2.44 bits per heavy atom. The Morgan fingerprint density at radius 2 is 2.11 bits per heavy atom. The van der Waals surface area contributed by atoms with Gasteiger partial charge in [0.15, 0.2) is 0 Å². The molecule has 0 amide bonds. The minimum absolute atomic E-state index is 0.572. The molecule has 0 unspecified atom stereocenters. The van der Waals surface area contributed by atoms with Gasteiger partial charge in [-0.1, -0.05) is 19.9 Å². The van der Waals surface area contributed by atoms with E-state index in [0.717, 1.165) is 5.57 Å². The Hall–Kier alpha value is -0.790. The zero-order valence-electron chi connectivity index (χ0n) is 6.26. The standard InChI is InChI=1S/C7H14N2/c1-6(2)4-7(3)5-9-8/h4-6H,8H2,1-3H3/b7-4-,9-5-. The Labute approximate surface area is 56.4 Å². The highest BCUT2D eigenvalue weighted by Crippen LogP contribution is 1.97. The highest BCUT2D eigenvalue weighted by molar-refractivity contribution is 5.77. The maximum absolute atomic E-state index is 4.93. The molecule has 0 heterocycles. The second kappa shape index (κ2) is 4.13. The number of nitrogens with two attached hydrogens (primary N) is 1. The van der Waals surface area contributed by atoms with Gasteiger partial charge in [0.1, 0.15) is 0 Å². The lowest BCUT2D eigenvalue weighted by molar-refractivity contribution is 0.827. The van der Waals surface area contributed by atoms with Gasteiger partial charge < -0.3 is 5.84 Å². The summed E-state index contributed by atoms with van der Waals surface area (Å²) in [7, 11) is 0. The molecule has 0 rings (SSSR count). The third-order valence-electron chi connectivity index (χ3n) is 0.874. The maximum Gasteiger partial charge on any atom is 0.0491 e. The molecule has 0 aromatic carbocycles. The predicted octanol–water partition coefficient (Wildman–Crippen LogP) is 1.53. The van der Waals surface area contributed by atoms with Crippen LogP contribution in [-0.4, -0.2) is 6.21 Å². The first-order chi connectivity index (χ1) is 4.16. The summed E-state index contributed by atoms with van der Waals surface area (Å²) in [4.78, 5) is 0. The van der Waals surface area contributed by atoms with Crippen molar-refractivity contribution in [2.75, 3.05) is 0 Å². The monoisotopic (exact) mass is 126 g/mol. The van der Waals surface area contributed by atoms with Gasteiger partial charge in [0.25, 0.3) is 0 Å². The molecular weight excluding hydrogens is 112 g/mol. The number of hydrogen-bond acceptors (Lipinski definition) is 2. The quantitative estimate of drug-likeness (QED) is 0.340. The largest absolute Gasteiger partial charge is 0.323 e. The van der Waals surface area contributed by atoms with Crippen LogP contribution >= 0.6 is 0 Å². The molecule has 0 aliphatic carbocycles. The van der Waals surface area contributed by atoms with Crippen molar-refractivity contribution in [3.05, 3.63) is 11.6 Å². The molecule has 0 atom stereocenters. The van der Waals surface area contributed by atoms with Crippen LogP contribution in [0.25, 0.3) is 0 Å². The zero-order valence-corrected chi connectivity index (χ0v) is 6.26. The molecule has 2 N–H and O–H groups in total. The van der Waals surface area contributed by atoms with Gasteiger partial charge >= 0.3 is 0 Å². The smallest absolute Gasteiger partial charge is 0.0491 e. The van der Waals surface area contributed by atoms with Crippen molar-refractivity contribution in [2.45, 2.75) is 20.8 Å². The average Bonchev–Trinajstić information content (AvgIpc) is 1.63. The summed E-state index contributed by atoms with van der Waals surface area (Å²) < 4.78 is 0.